The van der Waals surface area contributed by atoms with E-state index >= 15 is 0 Å². The van der Waals surface area contributed by atoms with Crippen LogP contribution in [0.1, 0.15) is 33.9 Å². The highest BCUT2D eigenvalue weighted by Gasteiger charge is 2.46. The quantitative estimate of drug-likeness (QED) is 0.296. The van der Waals surface area contributed by atoms with Crippen LogP contribution >= 0.6 is 11.6 Å². The molecule has 7 nitrogen and oxygen atoms in total. The number of aryl methyl sites for hydroxylation is 2. The van der Waals surface area contributed by atoms with Crippen molar-refractivity contribution in [2.45, 2.75) is 26.4 Å². The molecule has 1 atom stereocenters. The molecule has 0 bridgehead atoms. The summed E-state index contributed by atoms with van der Waals surface area (Å²) in [5.74, 6) is -1.30. The Morgan fingerprint density at radius 3 is 2.49 bits per heavy atom. The van der Waals surface area contributed by atoms with E-state index in [1.807, 2.05) is 32.0 Å². The van der Waals surface area contributed by atoms with Crippen molar-refractivity contribution in [1.82, 2.24) is 9.88 Å². The molecule has 180 valence electrons. The standard InChI is InChI=1S/C27H25ClN2O5/c1-15-7-8-16(2)18(10-15)14-30-24(17-6-5-9-29-13-17)23(26(32)27(30)33)25(31)19-11-20(28)22(35-4)12-21(19)34-3/h5-13,24,31H,14H2,1-4H3/b25-23+. The number of carbonyl (C=O) groups excluding carboxylic acids is 2. The molecule has 0 saturated carbocycles. The first-order chi connectivity index (χ1) is 16.8. The lowest BCUT2D eigenvalue weighted by atomic mass is 9.95. The number of ketones is 1. The van der Waals surface area contributed by atoms with E-state index in [0.717, 1.165) is 16.7 Å². The summed E-state index contributed by atoms with van der Waals surface area (Å²) in [5, 5.41) is 11.6. The molecule has 1 amide bonds. The number of hydrogen-bond acceptors (Lipinski definition) is 6. The first-order valence-corrected chi connectivity index (χ1v) is 11.3. The second kappa shape index (κ2) is 9.80. The summed E-state index contributed by atoms with van der Waals surface area (Å²) in [6.45, 7) is 4.11. The molecular weight excluding hydrogens is 468 g/mol. The van der Waals surface area contributed by atoms with E-state index in [9.17, 15) is 14.7 Å². The number of benzene rings is 2. The molecular formula is C27H25ClN2O5. The van der Waals surface area contributed by atoms with Crippen molar-refractivity contribution >= 4 is 29.1 Å². The van der Waals surface area contributed by atoms with E-state index in [4.69, 9.17) is 21.1 Å². The Hall–Kier alpha value is -3.84. The number of halogens is 1. The number of Topliss-reactive ketones (excluding diaryl/α,β-unsaturated/α-hetero) is 1. The minimum Gasteiger partial charge on any atom is -0.507 e. The van der Waals surface area contributed by atoms with Crippen molar-refractivity contribution < 1.29 is 24.2 Å². The summed E-state index contributed by atoms with van der Waals surface area (Å²) in [5.41, 5.74) is 3.65. The molecule has 0 spiro atoms. The molecule has 0 radical (unpaired) electrons. The van der Waals surface area contributed by atoms with Gasteiger partial charge in [-0.15, -0.1) is 0 Å². The smallest absolute Gasteiger partial charge is 0.295 e. The first kappa shape index (κ1) is 24.3. The Morgan fingerprint density at radius 1 is 1.09 bits per heavy atom. The van der Waals surface area contributed by atoms with Gasteiger partial charge in [-0.25, -0.2) is 0 Å². The third kappa shape index (κ3) is 4.47. The van der Waals surface area contributed by atoms with Gasteiger partial charge in [0.15, 0.2) is 0 Å². The zero-order chi connectivity index (χ0) is 25.3. The second-order valence-electron chi connectivity index (χ2n) is 8.33. The number of carbonyl (C=O) groups is 2. The largest absolute Gasteiger partial charge is 0.507 e. The van der Waals surface area contributed by atoms with Gasteiger partial charge >= 0.3 is 0 Å². The Balaban J connectivity index is 1.91. The zero-order valence-corrected chi connectivity index (χ0v) is 20.6. The lowest BCUT2D eigenvalue weighted by molar-refractivity contribution is -0.140. The van der Waals surface area contributed by atoms with Crippen molar-refractivity contribution in [1.29, 1.82) is 0 Å². The Labute approximate surface area is 208 Å². The number of rotatable bonds is 6. The summed E-state index contributed by atoms with van der Waals surface area (Å²) >= 11 is 6.31. The van der Waals surface area contributed by atoms with Gasteiger partial charge in [-0.05, 0) is 42.7 Å². The van der Waals surface area contributed by atoms with E-state index in [1.165, 1.54) is 31.3 Å². The molecule has 1 fully saturated rings. The van der Waals surface area contributed by atoms with Gasteiger partial charge in [-0.1, -0.05) is 41.4 Å². The predicted octanol–water partition coefficient (Wildman–Crippen LogP) is 4.99. The Kier molecular flexibility index (Phi) is 6.80. The van der Waals surface area contributed by atoms with E-state index in [0.29, 0.717) is 11.3 Å². The average molecular weight is 493 g/mol. The lowest BCUT2D eigenvalue weighted by Crippen LogP contribution is -2.29. The van der Waals surface area contributed by atoms with Gasteiger partial charge in [0.1, 0.15) is 17.3 Å². The summed E-state index contributed by atoms with van der Waals surface area (Å²) < 4.78 is 10.7. The molecule has 1 N–H and O–H groups in total. The van der Waals surface area contributed by atoms with Crippen LogP contribution in [0.25, 0.3) is 5.76 Å². The van der Waals surface area contributed by atoms with Crippen LogP contribution in [0.2, 0.25) is 5.02 Å². The maximum atomic E-state index is 13.3. The van der Waals surface area contributed by atoms with E-state index in [-0.39, 0.29) is 34.2 Å². The van der Waals surface area contributed by atoms with Crippen molar-refractivity contribution in [2.24, 2.45) is 0 Å². The molecule has 2 heterocycles. The molecule has 2 aromatic carbocycles. The monoisotopic (exact) mass is 492 g/mol. The fourth-order valence-electron chi connectivity index (χ4n) is 4.27. The third-order valence-corrected chi connectivity index (χ3v) is 6.41. The number of aromatic nitrogens is 1. The van der Waals surface area contributed by atoms with Crippen LogP contribution in [0.3, 0.4) is 0 Å². The third-order valence-electron chi connectivity index (χ3n) is 6.11. The highest BCUT2D eigenvalue weighted by molar-refractivity contribution is 6.46. The maximum absolute atomic E-state index is 13.3. The summed E-state index contributed by atoms with van der Waals surface area (Å²) in [7, 11) is 2.89. The van der Waals surface area contributed by atoms with Crippen LogP contribution in [-0.2, 0) is 16.1 Å². The van der Waals surface area contributed by atoms with Crippen molar-refractivity contribution in [3.63, 3.8) is 0 Å². The minimum atomic E-state index is -0.853. The molecule has 4 rings (SSSR count). The number of methoxy groups -OCH3 is 2. The van der Waals surface area contributed by atoms with Crippen LogP contribution in [0.4, 0.5) is 0 Å². The number of aliphatic hydroxyl groups excluding tert-OH is 1. The lowest BCUT2D eigenvalue weighted by Gasteiger charge is -2.26. The molecule has 1 aliphatic heterocycles. The second-order valence-corrected chi connectivity index (χ2v) is 8.74. The number of aliphatic hydroxyl groups is 1. The predicted molar refractivity (Wildman–Crippen MR) is 133 cm³/mol. The van der Waals surface area contributed by atoms with Gasteiger partial charge in [-0.2, -0.15) is 0 Å². The minimum absolute atomic E-state index is 0.0622. The number of nitrogens with zero attached hydrogens (tertiary/aromatic N) is 2. The normalized spacial score (nSPS) is 17.1. The number of hydrogen-bond donors (Lipinski definition) is 1. The molecule has 1 saturated heterocycles. The summed E-state index contributed by atoms with van der Waals surface area (Å²) in [6.07, 6.45) is 3.19. The van der Waals surface area contributed by atoms with Crippen LogP contribution < -0.4 is 9.47 Å². The van der Waals surface area contributed by atoms with Crippen LogP contribution in [0.5, 0.6) is 11.5 Å². The molecule has 0 aliphatic carbocycles. The average Bonchev–Trinajstić information content (AvgIpc) is 3.11. The highest BCUT2D eigenvalue weighted by Crippen LogP contribution is 2.43. The molecule has 8 heteroatoms. The van der Waals surface area contributed by atoms with Gasteiger partial charge in [0.05, 0.1) is 36.4 Å². The molecule has 3 aromatic rings. The topological polar surface area (TPSA) is 89.0 Å². The van der Waals surface area contributed by atoms with Gasteiger partial charge in [0, 0.05) is 25.0 Å². The van der Waals surface area contributed by atoms with Crippen LogP contribution in [0.15, 0.2) is 60.4 Å². The van der Waals surface area contributed by atoms with Crippen molar-refractivity contribution in [3.05, 3.63) is 93.3 Å². The summed E-state index contributed by atoms with van der Waals surface area (Å²) in [6, 6.07) is 11.6. The fourth-order valence-corrected chi connectivity index (χ4v) is 4.51. The van der Waals surface area contributed by atoms with Gasteiger partial charge in [0.2, 0.25) is 0 Å². The SMILES string of the molecule is COc1cc(OC)c(/C(O)=C2\C(=O)C(=O)N(Cc3cc(C)ccc3C)C2c2cccnc2)cc1Cl. The van der Waals surface area contributed by atoms with E-state index < -0.39 is 17.7 Å². The van der Waals surface area contributed by atoms with Gasteiger partial charge in [0.25, 0.3) is 11.7 Å². The number of amides is 1. The van der Waals surface area contributed by atoms with Gasteiger partial charge in [-0.3, -0.25) is 14.6 Å². The fraction of sp³-hybridized carbons (Fsp3) is 0.222. The highest BCUT2D eigenvalue weighted by atomic mass is 35.5. The Bertz CT molecular complexity index is 1340. The van der Waals surface area contributed by atoms with Crippen LogP contribution in [0, 0.1) is 13.8 Å². The Morgan fingerprint density at radius 2 is 1.83 bits per heavy atom. The zero-order valence-electron chi connectivity index (χ0n) is 19.8. The van der Waals surface area contributed by atoms with Crippen molar-refractivity contribution in [3.8, 4) is 11.5 Å². The molecule has 1 aromatic heterocycles. The van der Waals surface area contributed by atoms with Gasteiger partial charge < -0.3 is 19.5 Å². The van der Waals surface area contributed by atoms with E-state index in [1.54, 1.807) is 24.5 Å². The molecule has 1 aliphatic rings. The van der Waals surface area contributed by atoms with E-state index in [2.05, 4.69) is 4.98 Å². The number of likely N-dealkylation sites (tertiary alicyclic amines) is 1. The maximum Gasteiger partial charge on any atom is 0.295 e. The molecule has 35 heavy (non-hydrogen) atoms. The number of pyridine rings is 1. The van der Waals surface area contributed by atoms with Crippen LogP contribution in [-0.4, -0.2) is 40.9 Å². The first-order valence-electron chi connectivity index (χ1n) is 10.9. The number of ether oxygens (including phenoxy) is 2. The van der Waals surface area contributed by atoms with Crippen molar-refractivity contribution in [2.75, 3.05) is 14.2 Å². The molecule has 1 unspecified atom stereocenters. The summed E-state index contributed by atoms with van der Waals surface area (Å²) in [4.78, 5) is 32.3.